The summed E-state index contributed by atoms with van der Waals surface area (Å²) in [7, 11) is 0. The van der Waals surface area contributed by atoms with Crippen LogP contribution in [0.5, 0.6) is 0 Å². The summed E-state index contributed by atoms with van der Waals surface area (Å²) < 4.78 is 33.1. The number of benzene rings is 12. The van der Waals surface area contributed by atoms with Gasteiger partial charge in [-0.25, -0.2) is 8.78 Å². The molecule has 0 amide bonds. The van der Waals surface area contributed by atoms with Crippen LogP contribution in [0.4, 0.5) is 42.9 Å². The summed E-state index contributed by atoms with van der Waals surface area (Å²) >= 11 is 0. The maximum Gasteiger partial charge on any atom is 0.147 e. The van der Waals surface area contributed by atoms with Gasteiger partial charge in [0.25, 0.3) is 0 Å². The predicted molar refractivity (Wildman–Crippen MR) is 281 cm³/mol. The normalized spacial score (nSPS) is 11.4. The van der Waals surface area contributed by atoms with Crippen molar-refractivity contribution in [3.05, 3.63) is 266 Å². The highest BCUT2D eigenvalue weighted by Gasteiger charge is 2.25. The summed E-state index contributed by atoms with van der Waals surface area (Å²) in [6.45, 7) is 0. The molecule has 0 fully saturated rings. The monoisotopic (exact) mass is 876 g/mol. The van der Waals surface area contributed by atoms with Crippen molar-refractivity contribution in [3.8, 4) is 44.5 Å². The molecule has 0 N–H and O–H groups in total. The lowest BCUT2D eigenvalue weighted by Gasteiger charge is -2.30. The van der Waals surface area contributed by atoms with Crippen LogP contribution >= 0.6 is 0 Å². The highest BCUT2D eigenvalue weighted by molar-refractivity contribution is 6.28. The fraction of sp³-hybridized carbons (Fsp3) is 0. The van der Waals surface area contributed by atoms with Crippen LogP contribution in [-0.4, -0.2) is 0 Å². The molecule has 12 aromatic carbocycles. The summed E-state index contributed by atoms with van der Waals surface area (Å²) in [5.41, 5.74) is 12.5. The molecule has 12 rings (SSSR count). The molecule has 0 aliphatic rings. The van der Waals surface area contributed by atoms with Crippen LogP contribution in [0.15, 0.2) is 255 Å². The molecule has 68 heavy (non-hydrogen) atoms. The average molecular weight is 877 g/mol. The van der Waals surface area contributed by atoms with E-state index in [4.69, 9.17) is 0 Å². The standard InChI is InChI=1S/C64H42F2N2/c65-57-25-13-15-27-61(57)67(53-39-49(43-17-5-1-6-18-43)37-50(40-53)44-19-7-2-8-20-44)59-35-31-47-30-34-56-60(36-32-48-29-33-55(59)63(47)64(48)56)68(62-28-16-14-26-58(62)66)54-41-51(45-21-9-3-10-22-45)38-52(42-54)46-23-11-4-12-24-46/h1-42H. The Kier molecular flexibility index (Phi) is 10.3. The van der Waals surface area contributed by atoms with Crippen molar-refractivity contribution in [2.45, 2.75) is 0 Å². The number of para-hydroxylation sites is 2. The second-order valence-electron chi connectivity index (χ2n) is 17.2. The first-order valence-corrected chi connectivity index (χ1v) is 22.9. The Balaban J connectivity index is 1.11. The van der Waals surface area contributed by atoms with Crippen LogP contribution in [0.2, 0.25) is 0 Å². The Morgan fingerprint density at radius 1 is 0.235 bits per heavy atom. The van der Waals surface area contributed by atoms with E-state index in [1.54, 1.807) is 12.1 Å². The topological polar surface area (TPSA) is 6.48 Å². The van der Waals surface area contributed by atoms with Gasteiger partial charge in [0, 0.05) is 22.1 Å². The Labute approximate surface area is 394 Å². The van der Waals surface area contributed by atoms with E-state index in [1.165, 1.54) is 12.1 Å². The molecule has 0 heterocycles. The minimum absolute atomic E-state index is 0.333. The van der Waals surface area contributed by atoms with Gasteiger partial charge in [0.05, 0.1) is 22.7 Å². The van der Waals surface area contributed by atoms with Crippen molar-refractivity contribution in [2.24, 2.45) is 0 Å². The Bertz CT molecular complexity index is 3400. The molecule has 4 heteroatoms. The number of rotatable bonds is 10. The van der Waals surface area contributed by atoms with E-state index in [-0.39, 0.29) is 11.6 Å². The van der Waals surface area contributed by atoms with Crippen molar-refractivity contribution in [1.82, 2.24) is 0 Å². The van der Waals surface area contributed by atoms with E-state index in [2.05, 4.69) is 143 Å². The van der Waals surface area contributed by atoms with Crippen molar-refractivity contribution in [1.29, 1.82) is 0 Å². The van der Waals surface area contributed by atoms with Gasteiger partial charge in [-0.1, -0.05) is 182 Å². The lowest BCUT2D eigenvalue weighted by atomic mass is 9.91. The average Bonchev–Trinajstić information content (AvgIpc) is 3.40. The van der Waals surface area contributed by atoms with Crippen molar-refractivity contribution >= 4 is 66.4 Å². The fourth-order valence-corrected chi connectivity index (χ4v) is 9.91. The van der Waals surface area contributed by atoms with Gasteiger partial charge in [0.15, 0.2) is 0 Å². The third-order valence-electron chi connectivity index (χ3n) is 13.1. The van der Waals surface area contributed by atoms with Crippen LogP contribution in [0.25, 0.3) is 76.8 Å². The van der Waals surface area contributed by atoms with Gasteiger partial charge in [-0.2, -0.15) is 0 Å². The van der Waals surface area contributed by atoms with Gasteiger partial charge in [0.2, 0.25) is 0 Å². The number of hydrogen-bond donors (Lipinski definition) is 0. The third-order valence-corrected chi connectivity index (χ3v) is 13.1. The molecule has 0 saturated heterocycles. The summed E-state index contributed by atoms with van der Waals surface area (Å²) in [5, 5.41) is 6.10. The van der Waals surface area contributed by atoms with Crippen LogP contribution < -0.4 is 9.80 Å². The van der Waals surface area contributed by atoms with E-state index >= 15 is 8.78 Å². The number of hydrogen-bond acceptors (Lipinski definition) is 2. The lowest BCUT2D eigenvalue weighted by molar-refractivity contribution is 0.628. The Morgan fingerprint density at radius 3 is 0.853 bits per heavy atom. The van der Waals surface area contributed by atoms with Gasteiger partial charge in [0.1, 0.15) is 11.6 Å². The molecule has 0 bridgehead atoms. The van der Waals surface area contributed by atoms with Crippen molar-refractivity contribution in [3.63, 3.8) is 0 Å². The molecule has 12 aromatic rings. The molecule has 0 radical (unpaired) electrons. The first kappa shape index (κ1) is 40.6. The van der Waals surface area contributed by atoms with Crippen LogP contribution in [0.1, 0.15) is 0 Å². The third kappa shape index (κ3) is 7.29. The highest BCUT2D eigenvalue weighted by Crippen LogP contribution is 2.49. The SMILES string of the molecule is Fc1ccccc1N(c1cc(-c2ccccc2)cc(-c2ccccc2)c1)c1ccc2ccc3c(N(c4cc(-c5ccccc5)cc(-c5ccccc5)c4)c4ccccc4F)ccc4ccc1c2c43. The smallest absolute Gasteiger partial charge is 0.147 e. The predicted octanol–water partition coefficient (Wildman–Crippen LogP) is 18.5. The minimum Gasteiger partial charge on any atom is -0.307 e. The zero-order valence-electron chi connectivity index (χ0n) is 36.9. The minimum atomic E-state index is -0.333. The van der Waals surface area contributed by atoms with Gasteiger partial charge in [-0.15, -0.1) is 0 Å². The first-order chi connectivity index (χ1) is 33.6. The van der Waals surface area contributed by atoms with Crippen molar-refractivity contribution in [2.75, 3.05) is 9.80 Å². The van der Waals surface area contributed by atoms with E-state index in [9.17, 15) is 0 Å². The van der Waals surface area contributed by atoms with Gasteiger partial charge >= 0.3 is 0 Å². The second kappa shape index (κ2) is 17.2. The van der Waals surface area contributed by atoms with Crippen LogP contribution in [-0.2, 0) is 0 Å². The fourth-order valence-electron chi connectivity index (χ4n) is 9.91. The zero-order chi connectivity index (χ0) is 45.6. The summed E-state index contributed by atoms with van der Waals surface area (Å²) in [6, 6.07) is 85.5. The van der Waals surface area contributed by atoms with Crippen LogP contribution in [0, 0.1) is 11.6 Å². The van der Waals surface area contributed by atoms with Crippen LogP contribution in [0.3, 0.4) is 0 Å². The lowest BCUT2D eigenvalue weighted by Crippen LogP contribution is -2.13. The molecule has 0 atom stereocenters. The van der Waals surface area contributed by atoms with Gasteiger partial charge in [-0.05, 0) is 139 Å². The number of nitrogens with zero attached hydrogens (tertiary/aromatic N) is 2. The quantitative estimate of drug-likeness (QED) is 0.126. The van der Waals surface area contributed by atoms with E-state index < -0.39 is 0 Å². The van der Waals surface area contributed by atoms with E-state index in [0.29, 0.717) is 11.4 Å². The molecule has 2 nitrogen and oxygen atoms in total. The number of anilines is 6. The molecule has 322 valence electrons. The number of halogens is 2. The summed E-state index contributed by atoms with van der Waals surface area (Å²) in [4.78, 5) is 4.12. The first-order valence-electron chi connectivity index (χ1n) is 22.9. The zero-order valence-corrected chi connectivity index (χ0v) is 36.9. The molecule has 0 saturated carbocycles. The molecular formula is C64H42F2N2. The molecule has 0 aromatic heterocycles. The maximum atomic E-state index is 16.5. The second-order valence-corrected chi connectivity index (χ2v) is 17.2. The Morgan fingerprint density at radius 2 is 0.529 bits per heavy atom. The summed E-state index contributed by atoms with van der Waals surface area (Å²) in [6.07, 6.45) is 0. The largest absolute Gasteiger partial charge is 0.307 e. The van der Waals surface area contributed by atoms with Gasteiger partial charge in [-0.3, -0.25) is 0 Å². The molecule has 0 spiro atoms. The van der Waals surface area contributed by atoms with Crippen molar-refractivity contribution < 1.29 is 8.78 Å². The molecule has 0 unspecified atom stereocenters. The molecule has 0 aliphatic heterocycles. The van der Waals surface area contributed by atoms with E-state index in [0.717, 1.165) is 99.6 Å². The highest BCUT2D eigenvalue weighted by atomic mass is 19.1. The van der Waals surface area contributed by atoms with Gasteiger partial charge < -0.3 is 9.80 Å². The molecule has 0 aliphatic carbocycles. The van der Waals surface area contributed by atoms with E-state index in [1.807, 2.05) is 97.1 Å². The summed E-state index contributed by atoms with van der Waals surface area (Å²) in [5.74, 6) is -0.667. The Hall–Kier alpha value is -8.86. The molecular weight excluding hydrogens is 835 g/mol. The maximum absolute atomic E-state index is 16.5.